The number of nitrogens with one attached hydrogen (secondary N) is 1. The molecule has 0 aliphatic carbocycles. The van der Waals surface area contributed by atoms with E-state index in [1.165, 1.54) is 25.1 Å². The molecule has 0 spiro atoms. The molecule has 0 aliphatic heterocycles. The smallest absolute Gasteiger partial charge is 0.217 e. The zero-order valence-electron chi connectivity index (χ0n) is 8.88. The molecule has 84 valence electrons. The van der Waals surface area contributed by atoms with Crippen LogP contribution in [0.3, 0.4) is 0 Å². The molecule has 1 aromatic rings. The summed E-state index contributed by atoms with van der Waals surface area (Å²) in [7, 11) is 0. The van der Waals surface area contributed by atoms with E-state index in [1.54, 1.807) is 0 Å². The quantitative estimate of drug-likeness (QED) is 0.726. The highest BCUT2D eigenvalue weighted by molar-refractivity contribution is 5.73. The van der Waals surface area contributed by atoms with Gasteiger partial charge >= 0.3 is 0 Å². The molecule has 16 heavy (non-hydrogen) atoms. The number of hydrogen-bond donors (Lipinski definition) is 2. The molecule has 0 bridgehead atoms. The Morgan fingerprint density at radius 1 is 1.56 bits per heavy atom. The fourth-order valence-corrected chi connectivity index (χ4v) is 1.09. The predicted molar refractivity (Wildman–Crippen MR) is 57.9 cm³/mol. The zero-order chi connectivity index (χ0) is 12.0. The summed E-state index contributed by atoms with van der Waals surface area (Å²) in [6.07, 6.45) is 0. The maximum atomic E-state index is 13.0. The van der Waals surface area contributed by atoms with Crippen LogP contribution in [0, 0.1) is 17.7 Å². The van der Waals surface area contributed by atoms with Gasteiger partial charge in [-0.3, -0.25) is 4.79 Å². The molecule has 0 aromatic heterocycles. The lowest BCUT2D eigenvalue weighted by Gasteiger charge is -1.98. The molecular formula is C12H12FNO2. The van der Waals surface area contributed by atoms with E-state index in [9.17, 15) is 9.18 Å². The van der Waals surface area contributed by atoms with Crippen molar-refractivity contribution in [2.24, 2.45) is 0 Å². The Bertz CT molecular complexity index is 446. The first kappa shape index (κ1) is 12.2. The fourth-order valence-electron chi connectivity index (χ4n) is 1.09. The van der Waals surface area contributed by atoms with Gasteiger partial charge in [-0.2, -0.15) is 0 Å². The summed E-state index contributed by atoms with van der Waals surface area (Å²) in [5.74, 6) is 4.88. The monoisotopic (exact) mass is 221 g/mol. The molecular weight excluding hydrogens is 209 g/mol. The minimum Gasteiger partial charge on any atom is -0.392 e. The average Bonchev–Trinajstić information content (AvgIpc) is 2.26. The number of amides is 1. The molecule has 1 amide bonds. The number of aliphatic hydroxyl groups excluding tert-OH is 1. The van der Waals surface area contributed by atoms with Gasteiger partial charge in [-0.05, 0) is 18.2 Å². The van der Waals surface area contributed by atoms with Crippen LogP contribution in [0.2, 0.25) is 0 Å². The van der Waals surface area contributed by atoms with Gasteiger partial charge in [0, 0.05) is 18.1 Å². The lowest BCUT2D eigenvalue weighted by Crippen LogP contribution is -2.19. The van der Waals surface area contributed by atoms with E-state index < -0.39 is 5.82 Å². The van der Waals surface area contributed by atoms with E-state index in [1.807, 2.05) is 0 Å². The van der Waals surface area contributed by atoms with Gasteiger partial charge in [-0.1, -0.05) is 11.8 Å². The van der Waals surface area contributed by atoms with Crippen LogP contribution in [-0.4, -0.2) is 17.6 Å². The van der Waals surface area contributed by atoms with E-state index in [4.69, 9.17) is 5.11 Å². The van der Waals surface area contributed by atoms with Crippen molar-refractivity contribution in [3.8, 4) is 11.8 Å². The highest BCUT2D eigenvalue weighted by atomic mass is 19.1. The summed E-state index contributed by atoms with van der Waals surface area (Å²) in [6, 6.07) is 4.26. The van der Waals surface area contributed by atoms with E-state index in [0.717, 1.165) is 0 Å². The van der Waals surface area contributed by atoms with Gasteiger partial charge in [0.15, 0.2) is 0 Å². The standard InChI is InChI=1S/C12H12FNO2/c1-9(16)14-6-2-3-10-4-5-12(13)11(7-10)8-15/h4-5,7,15H,6,8H2,1H3,(H,14,16). The maximum Gasteiger partial charge on any atom is 0.217 e. The van der Waals surface area contributed by atoms with Crippen molar-refractivity contribution in [2.75, 3.05) is 6.54 Å². The molecule has 0 radical (unpaired) electrons. The molecule has 4 heteroatoms. The van der Waals surface area contributed by atoms with Crippen molar-refractivity contribution in [2.45, 2.75) is 13.5 Å². The van der Waals surface area contributed by atoms with Gasteiger partial charge in [0.2, 0.25) is 5.91 Å². The van der Waals surface area contributed by atoms with Crippen LogP contribution < -0.4 is 5.32 Å². The van der Waals surface area contributed by atoms with Gasteiger partial charge in [0.1, 0.15) is 5.82 Å². The van der Waals surface area contributed by atoms with Gasteiger partial charge in [-0.25, -0.2) is 4.39 Å². The van der Waals surface area contributed by atoms with Crippen molar-refractivity contribution in [3.05, 3.63) is 35.1 Å². The van der Waals surface area contributed by atoms with Crippen molar-refractivity contribution >= 4 is 5.91 Å². The number of benzene rings is 1. The predicted octanol–water partition coefficient (Wildman–Crippen LogP) is 0.806. The Kier molecular flexibility index (Phi) is 4.49. The normalized spacial score (nSPS) is 9.19. The number of rotatable bonds is 2. The Hall–Kier alpha value is -1.86. The topological polar surface area (TPSA) is 49.3 Å². The Morgan fingerprint density at radius 2 is 2.31 bits per heavy atom. The molecule has 1 rings (SSSR count). The first-order valence-corrected chi connectivity index (χ1v) is 4.76. The molecule has 0 unspecified atom stereocenters. The van der Waals surface area contributed by atoms with Gasteiger partial charge in [0.25, 0.3) is 0 Å². The first-order valence-electron chi connectivity index (χ1n) is 4.76. The summed E-state index contributed by atoms with van der Waals surface area (Å²) < 4.78 is 13.0. The second-order valence-electron chi connectivity index (χ2n) is 3.18. The third-order valence-electron chi connectivity index (χ3n) is 1.87. The van der Waals surface area contributed by atoms with Crippen molar-refractivity contribution in [1.29, 1.82) is 0 Å². The maximum absolute atomic E-state index is 13.0. The summed E-state index contributed by atoms with van der Waals surface area (Å²) >= 11 is 0. The van der Waals surface area contributed by atoms with Crippen molar-refractivity contribution in [3.63, 3.8) is 0 Å². The van der Waals surface area contributed by atoms with Crippen LogP contribution in [0.15, 0.2) is 18.2 Å². The SMILES string of the molecule is CC(=O)NCC#Cc1ccc(F)c(CO)c1. The number of carbonyl (C=O) groups is 1. The lowest BCUT2D eigenvalue weighted by atomic mass is 10.1. The minimum absolute atomic E-state index is 0.149. The highest BCUT2D eigenvalue weighted by Gasteiger charge is 2.00. The van der Waals surface area contributed by atoms with Crippen LogP contribution in [0.5, 0.6) is 0 Å². The molecule has 0 atom stereocenters. The molecule has 0 fully saturated rings. The molecule has 0 aliphatic rings. The molecule has 0 saturated heterocycles. The van der Waals surface area contributed by atoms with Crippen LogP contribution in [0.1, 0.15) is 18.1 Å². The van der Waals surface area contributed by atoms with E-state index in [2.05, 4.69) is 17.2 Å². The van der Waals surface area contributed by atoms with Gasteiger partial charge < -0.3 is 10.4 Å². The highest BCUT2D eigenvalue weighted by Crippen LogP contribution is 2.09. The van der Waals surface area contributed by atoms with Crippen LogP contribution in [0.4, 0.5) is 4.39 Å². The van der Waals surface area contributed by atoms with Gasteiger partial charge in [-0.15, -0.1) is 0 Å². The lowest BCUT2D eigenvalue weighted by molar-refractivity contribution is -0.118. The third kappa shape index (κ3) is 3.71. The molecule has 0 saturated carbocycles. The van der Waals surface area contributed by atoms with Crippen LogP contribution >= 0.6 is 0 Å². The Balaban J connectivity index is 2.70. The van der Waals surface area contributed by atoms with Gasteiger partial charge in [0.05, 0.1) is 13.2 Å². The van der Waals surface area contributed by atoms with Crippen molar-refractivity contribution in [1.82, 2.24) is 5.32 Å². The minimum atomic E-state index is -0.449. The first-order chi connectivity index (χ1) is 7.63. The second-order valence-corrected chi connectivity index (χ2v) is 3.18. The average molecular weight is 221 g/mol. The summed E-state index contributed by atoms with van der Waals surface area (Å²) in [5, 5.41) is 11.4. The molecule has 0 heterocycles. The van der Waals surface area contributed by atoms with E-state index in [-0.39, 0.29) is 24.6 Å². The van der Waals surface area contributed by atoms with E-state index in [0.29, 0.717) is 5.56 Å². The molecule has 1 aromatic carbocycles. The summed E-state index contributed by atoms with van der Waals surface area (Å²) in [5.41, 5.74) is 0.821. The number of aliphatic hydroxyl groups is 1. The third-order valence-corrected chi connectivity index (χ3v) is 1.87. The summed E-state index contributed by atoms with van der Waals surface area (Å²) in [6.45, 7) is 1.30. The summed E-state index contributed by atoms with van der Waals surface area (Å²) in [4.78, 5) is 10.5. The van der Waals surface area contributed by atoms with Crippen LogP contribution in [-0.2, 0) is 11.4 Å². The zero-order valence-corrected chi connectivity index (χ0v) is 8.88. The molecule has 2 N–H and O–H groups in total. The Labute approximate surface area is 93.3 Å². The number of hydrogen-bond acceptors (Lipinski definition) is 2. The molecule has 3 nitrogen and oxygen atoms in total. The number of carbonyl (C=O) groups excluding carboxylic acids is 1. The number of halogens is 1. The largest absolute Gasteiger partial charge is 0.392 e. The Morgan fingerprint density at radius 3 is 2.94 bits per heavy atom. The fraction of sp³-hybridized carbons (Fsp3) is 0.250. The van der Waals surface area contributed by atoms with Crippen LogP contribution in [0.25, 0.3) is 0 Å². The second kappa shape index (κ2) is 5.89. The van der Waals surface area contributed by atoms with Crippen molar-refractivity contribution < 1.29 is 14.3 Å². The van der Waals surface area contributed by atoms with E-state index >= 15 is 0 Å².